The van der Waals surface area contributed by atoms with Crippen molar-refractivity contribution < 1.29 is 0 Å². The Morgan fingerprint density at radius 1 is 1.32 bits per heavy atom. The van der Waals surface area contributed by atoms with E-state index in [9.17, 15) is 0 Å². The number of aromatic nitrogens is 4. The van der Waals surface area contributed by atoms with E-state index in [-0.39, 0.29) is 6.04 Å². The third kappa shape index (κ3) is 3.17. The highest BCUT2D eigenvalue weighted by Crippen LogP contribution is 2.13. The van der Waals surface area contributed by atoms with Crippen LogP contribution in [0.15, 0.2) is 18.3 Å². The van der Waals surface area contributed by atoms with Gasteiger partial charge in [-0.1, -0.05) is 6.92 Å². The lowest BCUT2D eigenvalue weighted by atomic mass is 10.2. The molecule has 2 aromatic heterocycles. The van der Waals surface area contributed by atoms with E-state index in [0.29, 0.717) is 0 Å². The summed E-state index contributed by atoms with van der Waals surface area (Å²) in [4.78, 5) is 8.80. The summed E-state index contributed by atoms with van der Waals surface area (Å²) in [5, 5.41) is 7.78. The average molecular weight is 259 g/mol. The first-order valence-corrected chi connectivity index (χ1v) is 6.71. The fourth-order valence-corrected chi connectivity index (χ4v) is 2.01. The minimum Gasteiger partial charge on any atom is -0.309 e. The van der Waals surface area contributed by atoms with Crippen LogP contribution in [0.25, 0.3) is 5.69 Å². The summed E-state index contributed by atoms with van der Waals surface area (Å²) in [6.45, 7) is 9.13. The van der Waals surface area contributed by atoms with Crippen LogP contribution in [0.1, 0.15) is 43.7 Å². The van der Waals surface area contributed by atoms with E-state index in [1.807, 2.05) is 36.9 Å². The molecule has 102 valence electrons. The van der Waals surface area contributed by atoms with E-state index >= 15 is 0 Å². The fourth-order valence-electron chi connectivity index (χ4n) is 2.01. The molecule has 2 rings (SSSR count). The summed E-state index contributed by atoms with van der Waals surface area (Å²) in [6.07, 6.45) is 2.97. The second-order valence-corrected chi connectivity index (χ2v) is 4.74. The number of hydrogen-bond acceptors (Lipinski definition) is 4. The maximum Gasteiger partial charge on any atom is 0.148 e. The van der Waals surface area contributed by atoms with Gasteiger partial charge in [-0.2, -0.15) is 5.10 Å². The summed E-state index contributed by atoms with van der Waals surface area (Å²) in [5.41, 5.74) is 2.00. The van der Waals surface area contributed by atoms with Gasteiger partial charge in [0.05, 0.1) is 17.6 Å². The van der Waals surface area contributed by atoms with E-state index in [1.165, 1.54) is 0 Å². The zero-order valence-electron chi connectivity index (χ0n) is 12.0. The van der Waals surface area contributed by atoms with Crippen molar-refractivity contribution in [1.82, 2.24) is 25.1 Å². The lowest BCUT2D eigenvalue weighted by Crippen LogP contribution is -2.20. The van der Waals surface area contributed by atoms with Crippen molar-refractivity contribution in [1.29, 1.82) is 0 Å². The van der Waals surface area contributed by atoms with Crippen LogP contribution in [0.2, 0.25) is 0 Å². The highest BCUT2D eigenvalue weighted by molar-refractivity contribution is 5.30. The van der Waals surface area contributed by atoms with Gasteiger partial charge in [0, 0.05) is 6.04 Å². The number of pyridine rings is 1. The third-order valence-electron chi connectivity index (χ3n) is 3.03. The Labute approximate surface area is 114 Å². The molecule has 2 heterocycles. The van der Waals surface area contributed by atoms with Crippen molar-refractivity contribution in [3.63, 3.8) is 0 Å². The number of nitrogens with one attached hydrogen (secondary N) is 1. The maximum atomic E-state index is 4.51. The summed E-state index contributed by atoms with van der Waals surface area (Å²) in [5.74, 6) is 1.66. The third-order valence-corrected chi connectivity index (χ3v) is 3.03. The quantitative estimate of drug-likeness (QED) is 0.895. The minimum atomic E-state index is 0.271. The molecule has 1 N–H and O–H groups in total. The van der Waals surface area contributed by atoms with E-state index in [4.69, 9.17) is 0 Å². The lowest BCUT2D eigenvalue weighted by Gasteiger charge is -2.13. The molecule has 0 fully saturated rings. The van der Waals surface area contributed by atoms with Crippen LogP contribution in [-0.2, 0) is 0 Å². The standard InChI is InChI=1S/C14H21N5/c1-5-8-15-10(2)14-7-6-13(9-16-14)19-12(4)17-11(3)18-19/h6-7,9-10,15H,5,8H2,1-4H3. The van der Waals surface area contributed by atoms with Gasteiger partial charge in [0.2, 0.25) is 0 Å². The van der Waals surface area contributed by atoms with Gasteiger partial charge in [-0.05, 0) is 45.9 Å². The van der Waals surface area contributed by atoms with Crippen molar-refractivity contribution in [2.24, 2.45) is 0 Å². The van der Waals surface area contributed by atoms with Crippen LogP contribution < -0.4 is 5.32 Å². The Balaban J connectivity index is 2.16. The minimum absolute atomic E-state index is 0.271. The Hall–Kier alpha value is -1.75. The number of nitrogens with zero attached hydrogens (tertiary/aromatic N) is 4. The van der Waals surface area contributed by atoms with E-state index in [1.54, 1.807) is 0 Å². The van der Waals surface area contributed by atoms with Gasteiger partial charge in [0.25, 0.3) is 0 Å². The Bertz CT molecular complexity index is 529. The Morgan fingerprint density at radius 3 is 2.63 bits per heavy atom. The van der Waals surface area contributed by atoms with Crippen LogP contribution >= 0.6 is 0 Å². The molecule has 1 atom stereocenters. The van der Waals surface area contributed by atoms with Crippen LogP contribution in [-0.4, -0.2) is 26.3 Å². The summed E-state index contributed by atoms with van der Waals surface area (Å²) in [6, 6.07) is 4.35. The van der Waals surface area contributed by atoms with Crippen molar-refractivity contribution in [3.05, 3.63) is 35.7 Å². The summed E-state index contributed by atoms with van der Waals surface area (Å²) >= 11 is 0. The molecule has 0 aliphatic heterocycles. The van der Waals surface area contributed by atoms with Gasteiger partial charge in [-0.25, -0.2) is 9.67 Å². The van der Waals surface area contributed by atoms with E-state index < -0.39 is 0 Å². The zero-order chi connectivity index (χ0) is 13.8. The lowest BCUT2D eigenvalue weighted by molar-refractivity contribution is 0.558. The van der Waals surface area contributed by atoms with Gasteiger partial charge in [0.1, 0.15) is 11.6 Å². The summed E-state index contributed by atoms with van der Waals surface area (Å²) in [7, 11) is 0. The Morgan fingerprint density at radius 2 is 2.11 bits per heavy atom. The molecule has 0 saturated heterocycles. The molecular formula is C14H21N5. The second kappa shape index (κ2) is 5.93. The van der Waals surface area contributed by atoms with Crippen LogP contribution in [0.5, 0.6) is 0 Å². The van der Waals surface area contributed by atoms with Crippen molar-refractivity contribution in [2.45, 2.75) is 40.2 Å². The molecule has 0 aliphatic rings. The smallest absolute Gasteiger partial charge is 0.148 e. The molecule has 0 amide bonds. The SMILES string of the molecule is CCCNC(C)c1ccc(-n2nc(C)nc2C)cn1. The predicted molar refractivity (Wildman–Crippen MR) is 75.3 cm³/mol. The van der Waals surface area contributed by atoms with E-state index in [0.717, 1.165) is 36.0 Å². The monoisotopic (exact) mass is 259 g/mol. The van der Waals surface area contributed by atoms with Gasteiger partial charge >= 0.3 is 0 Å². The highest BCUT2D eigenvalue weighted by atomic mass is 15.3. The number of rotatable bonds is 5. The molecule has 0 saturated carbocycles. The molecule has 0 spiro atoms. The highest BCUT2D eigenvalue weighted by Gasteiger charge is 2.08. The van der Waals surface area contributed by atoms with Crippen molar-refractivity contribution in [3.8, 4) is 5.69 Å². The molecule has 0 aliphatic carbocycles. The van der Waals surface area contributed by atoms with Gasteiger partial charge in [-0.15, -0.1) is 0 Å². The van der Waals surface area contributed by atoms with Gasteiger partial charge < -0.3 is 5.32 Å². The summed E-state index contributed by atoms with van der Waals surface area (Å²) < 4.78 is 1.82. The molecule has 5 heteroatoms. The molecule has 2 aromatic rings. The second-order valence-electron chi connectivity index (χ2n) is 4.74. The molecular weight excluding hydrogens is 238 g/mol. The molecule has 0 radical (unpaired) electrons. The van der Waals surface area contributed by atoms with Crippen LogP contribution in [0, 0.1) is 13.8 Å². The molecule has 0 bridgehead atoms. The maximum absolute atomic E-state index is 4.51. The Kier molecular flexibility index (Phi) is 4.27. The van der Waals surface area contributed by atoms with Crippen LogP contribution in [0.3, 0.4) is 0 Å². The first kappa shape index (κ1) is 13.7. The number of hydrogen-bond donors (Lipinski definition) is 1. The topological polar surface area (TPSA) is 55.6 Å². The molecule has 1 unspecified atom stereocenters. The molecule has 5 nitrogen and oxygen atoms in total. The normalized spacial score (nSPS) is 12.6. The number of aryl methyl sites for hydroxylation is 2. The molecule has 19 heavy (non-hydrogen) atoms. The van der Waals surface area contributed by atoms with E-state index in [2.05, 4.69) is 34.2 Å². The van der Waals surface area contributed by atoms with Gasteiger partial charge in [0.15, 0.2) is 0 Å². The molecule has 0 aromatic carbocycles. The van der Waals surface area contributed by atoms with Gasteiger partial charge in [-0.3, -0.25) is 4.98 Å². The first-order chi connectivity index (χ1) is 9.11. The predicted octanol–water partition coefficient (Wildman–Crippen LogP) is 2.34. The first-order valence-electron chi connectivity index (χ1n) is 6.71. The largest absolute Gasteiger partial charge is 0.309 e. The van der Waals surface area contributed by atoms with Crippen molar-refractivity contribution >= 4 is 0 Å². The average Bonchev–Trinajstić information content (AvgIpc) is 2.75. The van der Waals surface area contributed by atoms with Crippen molar-refractivity contribution in [2.75, 3.05) is 6.54 Å². The zero-order valence-corrected chi connectivity index (χ0v) is 12.0. The van der Waals surface area contributed by atoms with Crippen LogP contribution in [0.4, 0.5) is 0 Å². The fraction of sp³-hybridized carbons (Fsp3) is 0.500.